The molecule has 0 radical (unpaired) electrons. The van der Waals surface area contributed by atoms with E-state index in [9.17, 15) is 4.79 Å². The lowest BCUT2D eigenvalue weighted by Crippen LogP contribution is -2.39. The van der Waals surface area contributed by atoms with E-state index in [0.717, 1.165) is 19.3 Å². The molecule has 0 aromatic rings. The molecule has 4 heteroatoms. The van der Waals surface area contributed by atoms with Crippen LogP contribution in [0, 0.1) is 5.92 Å². The van der Waals surface area contributed by atoms with E-state index in [2.05, 4.69) is 13.8 Å². The van der Waals surface area contributed by atoms with Crippen molar-refractivity contribution in [2.24, 2.45) is 5.92 Å². The molecule has 2 rings (SSSR count). The summed E-state index contributed by atoms with van der Waals surface area (Å²) in [4.78, 5) is 11.9. The average Bonchev–Trinajstić information content (AvgIpc) is 2.85. The Hall–Kier alpha value is -0.610. The summed E-state index contributed by atoms with van der Waals surface area (Å²) in [5.41, 5.74) is -0.998. The van der Waals surface area contributed by atoms with Gasteiger partial charge in [-0.3, -0.25) is 0 Å². The maximum atomic E-state index is 11.9. The molecular formula is C12H20O4. The third-order valence-corrected chi connectivity index (χ3v) is 3.58. The van der Waals surface area contributed by atoms with E-state index in [-0.39, 0.29) is 11.6 Å². The molecule has 92 valence electrons. The second kappa shape index (κ2) is 4.00. The van der Waals surface area contributed by atoms with Gasteiger partial charge >= 0.3 is 5.97 Å². The van der Waals surface area contributed by atoms with Crippen molar-refractivity contribution in [2.45, 2.75) is 44.3 Å². The van der Waals surface area contributed by atoms with Crippen LogP contribution >= 0.6 is 0 Å². The summed E-state index contributed by atoms with van der Waals surface area (Å²) in [5.74, 6) is 0.199. The van der Waals surface area contributed by atoms with Crippen LogP contribution in [-0.4, -0.2) is 37.5 Å². The fraction of sp³-hybridized carbons (Fsp3) is 0.917. The predicted octanol–water partition coefficient (Wildman–Crippen LogP) is 1.52. The van der Waals surface area contributed by atoms with Crippen LogP contribution in [0.4, 0.5) is 0 Å². The van der Waals surface area contributed by atoms with E-state index < -0.39 is 5.60 Å². The van der Waals surface area contributed by atoms with Gasteiger partial charge in [0.2, 0.25) is 0 Å². The molecule has 16 heavy (non-hydrogen) atoms. The van der Waals surface area contributed by atoms with Crippen molar-refractivity contribution in [1.29, 1.82) is 0 Å². The summed E-state index contributed by atoms with van der Waals surface area (Å²) in [5, 5.41) is 0. The first kappa shape index (κ1) is 11.9. The maximum absolute atomic E-state index is 11.9. The van der Waals surface area contributed by atoms with Crippen LogP contribution in [0.25, 0.3) is 0 Å². The summed E-state index contributed by atoms with van der Waals surface area (Å²) in [7, 11) is 1.43. The second-order valence-electron chi connectivity index (χ2n) is 5.13. The second-order valence-corrected chi connectivity index (χ2v) is 5.13. The van der Waals surface area contributed by atoms with Gasteiger partial charge in [0.25, 0.3) is 0 Å². The zero-order valence-corrected chi connectivity index (χ0v) is 10.2. The maximum Gasteiger partial charge on any atom is 0.341 e. The van der Waals surface area contributed by atoms with Crippen LogP contribution in [0.2, 0.25) is 0 Å². The van der Waals surface area contributed by atoms with E-state index in [4.69, 9.17) is 14.2 Å². The normalized spacial score (nSPS) is 31.8. The lowest BCUT2D eigenvalue weighted by Gasteiger charge is -2.23. The first-order valence-corrected chi connectivity index (χ1v) is 5.93. The number of hydrogen-bond donors (Lipinski definition) is 0. The molecule has 2 fully saturated rings. The summed E-state index contributed by atoms with van der Waals surface area (Å²) in [6.07, 6.45) is 2.34. The molecule has 1 atom stereocenters. The molecule has 0 bridgehead atoms. The molecule has 2 aliphatic heterocycles. The van der Waals surface area contributed by atoms with Gasteiger partial charge in [0.05, 0.1) is 7.11 Å². The number of hydrogen-bond acceptors (Lipinski definition) is 4. The Kier molecular flexibility index (Phi) is 2.97. The van der Waals surface area contributed by atoms with Crippen molar-refractivity contribution < 1.29 is 19.0 Å². The monoisotopic (exact) mass is 228 g/mol. The van der Waals surface area contributed by atoms with Gasteiger partial charge < -0.3 is 14.2 Å². The molecule has 2 heterocycles. The molecule has 1 unspecified atom stereocenters. The van der Waals surface area contributed by atoms with Crippen molar-refractivity contribution in [2.75, 3.05) is 20.3 Å². The Morgan fingerprint density at radius 3 is 2.50 bits per heavy atom. The highest BCUT2D eigenvalue weighted by Crippen LogP contribution is 2.57. The van der Waals surface area contributed by atoms with Gasteiger partial charge in [-0.05, 0) is 12.3 Å². The Morgan fingerprint density at radius 1 is 1.38 bits per heavy atom. The fourth-order valence-electron chi connectivity index (χ4n) is 2.79. The Morgan fingerprint density at radius 2 is 2.00 bits per heavy atom. The van der Waals surface area contributed by atoms with Crippen LogP contribution in [0.1, 0.15) is 33.1 Å². The fourth-order valence-corrected chi connectivity index (χ4v) is 2.79. The summed E-state index contributed by atoms with van der Waals surface area (Å²) in [6.45, 7) is 5.55. The van der Waals surface area contributed by atoms with Crippen LogP contribution < -0.4 is 0 Å². The third-order valence-electron chi connectivity index (χ3n) is 3.58. The Balaban J connectivity index is 2.15. The molecule has 4 nitrogen and oxygen atoms in total. The minimum absolute atomic E-state index is 0.219. The first-order valence-electron chi connectivity index (χ1n) is 5.93. The van der Waals surface area contributed by atoms with Crippen LogP contribution in [-0.2, 0) is 19.0 Å². The molecule has 0 aromatic carbocycles. The van der Waals surface area contributed by atoms with Gasteiger partial charge in [-0.15, -0.1) is 0 Å². The smallest absolute Gasteiger partial charge is 0.341 e. The lowest BCUT2D eigenvalue weighted by atomic mass is 9.81. The average molecular weight is 228 g/mol. The summed E-state index contributed by atoms with van der Waals surface area (Å²) < 4.78 is 16.1. The highest BCUT2D eigenvalue weighted by atomic mass is 16.7. The molecule has 2 saturated heterocycles. The number of esters is 1. The molecule has 0 aromatic heterocycles. The van der Waals surface area contributed by atoms with Gasteiger partial charge in [-0.25, -0.2) is 4.79 Å². The number of carbonyl (C=O) groups is 1. The summed E-state index contributed by atoms with van der Waals surface area (Å²) in [6, 6.07) is 0. The molecule has 2 aliphatic rings. The molecule has 0 saturated carbocycles. The minimum Gasteiger partial charge on any atom is -0.467 e. The van der Waals surface area contributed by atoms with Crippen molar-refractivity contribution in [3.63, 3.8) is 0 Å². The van der Waals surface area contributed by atoms with Gasteiger partial charge in [-0.2, -0.15) is 0 Å². The molecule has 1 spiro atoms. The number of carbonyl (C=O) groups excluding carboxylic acids is 1. The molecular weight excluding hydrogens is 208 g/mol. The Labute approximate surface area is 96.2 Å². The number of rotatable bonds is 3. The molecule has 0 amide bonds. The number of ether oxygens (including phenoxy) is 3. The van der Waals surface area contributed by atoms with Crippen LogP contribution in [0.5, 0.6) is 0 Å². The summed E-state index contributed by atoms with van der Waals surface area (Å²) >= 11 is 0. The van der Waals surface area contributed by atoms with Crippen LogP contribution in [0.3, 0.4) is 0 Å². The topological polar surface area (TPSA) is 48.1 Å². The number of methoxy groups -OCH3 is 1. The Bertz CT molecular complexity index is 281. The van der Waals surface area contributed by atoms with Gasteiger partial charge in [-0.1, -0.05) is 13.8 Å². The largest absolute Gasteiger partial charge is 0.467 e. The highest BCUT2D eigenvalue weighted by Gasteiger charge is 2.74. The van der Waals surface area contributed by atoms with Crippen molar-refractivity contribution in [3.05, 3.63) is 0 Å². The zero-order valence-electron chi connectivity index (χ0n) is 10.2. The van der Waals surface area contributed by atoms with Gasteiger partial charge in [0.15, 0.2) is 5.60 Å². The molecule has 0 N–H and O–H groups in total. The van der Waals surface area contributed by atoms with Crippen molar-refractivity contribution >= 4 is 5.97 Å². The van der Waals surface area contributed by atoms with E-state index in [1.165, 1.54) is 7.11 Å². The lowest BCUT2D eigenvalue weighted by molar-refractivity contribution is -0.147. The highest BCUT2D eigenvalue weighted by molar-refractivity contribution is 5.85. The van der Waals surface area contributed by atoms with Crippen LogP contribution in [0.15, 0.2) is 0 Å². The quantitative estimate of drug-likeness (QED) is 0.543. The third kappa shape index (κ3) is 1.64. The predicted molar refractivity (Wildman–Crippen MR) is 58.1 cm³/mol. The minimum atomic E-state index is -0.695. The van der Waals surface area contributed by atoms with Crippen molar-refractivity contribution in [3.8, 4) is 0 Å². The van der Waals surface area contributed by atoms with Crippen molar-refractivity contribution in [1.82, 2.24) is 0 Å². The number of epoxide rings is 1. The SMILES string of the molecule is COC(=O)C1(CC(C)C)OC12CCOCC2. The van der Waals surface area contributed by atoms with E-state index >= 15 is 0 Å². The van der Waals surface area contributed by atoms with Gasteiger partial charge in [0.1, 0.15) is 5.60 Å². The van der Waals surface area contributed by atoms with E-state index in [1.54, 1.807) is 0 Å². The molecule has 0 aliphatic carbocycles. The van der Waals surface area contributed by atoms with E-state index in [0.29, 0.717) is 19.1 Å². The zero-order chi connectivity index (χ0) is 11.8. The van der Waals surface area contributed by atoms with Gasteiger partial charge in [0, 0.05) is 26.1 Å². The first-order chi connectivity index (χ1) is 7.56. The van der Waals surface area contributed by atoms with E-state index in [1.807, 2.05) is 0 Å². The standard InChI is InChI=1S/C12H20O4/c1-9(2)8-12(10(13)14-3)11(16-12)4-6-15-7-5-11/h9H,4-8H2,1-3H3.